The zero-order valence-corrected chi connectivity index (χ0v) is 16.7. The fourth-order valence-corrected chi connectivity index (χ4v) is 4.46. The van der Waals surface area contributed by atoms with Gasteiger partial charge in [0.2, 0.25) is 0 Å². The van der Waals surface area contributed by atoms with Gasteiger partial charge in [0, 0.05) is 38.8 Å². The molecule has 4 nitrogen and oxygen atoms in total. The molecule has 1 saturated heterocycles. The van der Waals surface area contributed by atoms with Crippen molar-refractivity contribution in [2.24, 2.45) is 5.92 Å². The molecule has 3 rings (SSSR count). The lowest BCUT2D eigenvalue weighted by molar-refractivity contribution is 0.146. The number of carbonyl (C=O) groups excluding carboxylic acids is 1. The Labute approximate surface area is 158 Å². The maximum Gasteiger partial charge on any atom is 0.317 e. The number of nitrogens with zero attached hydrogens (tertiary/aromatic N) is 2. The number of hydrogen-bond donors (Lipinski definition) is 1. The van der Waals surface area contributed by atoms with E-state index in [2.05, 4.69) is 48.3 Å². The van der Waals surface area contributed by atoms with Crippen molar-refractivity contribution in [3.8, 4) is 0 Å². The predicted molar refractivity (Wildman–Crippen MR) is 107 cm³/mol. The lowest BCUT2D eigenvalue weighted by Crippen LogP contribution is -2.51. The van der Waals surface area contributed by atoms with Crippen LogP contribution >= 0.6 is 0 Å². The number of aryl methyl sites for hydroxylation is 1. The van der Waals surface area contributed by atoms with Crippen molar-refractivity contribution in [2.75, 3.05) is 20.1 Å². The van der Waals surface area contributed by atoms with E-state index in [1.807, 2.05) is 11.9 Å². The largest absolute Gasteiger partial charge is 0.335 e. The zero-order chi connectivity index (χ0) is 18.5. The third kappa shape index (κ3) is 5.00. The van der Waals surface area contributed by atoms with Gasteiger partial charge in [-0.2, -0.15) is 0 Å². The highest BCUT2D eigenvalue weighted by Crippen LogP contribution is 2.26. The van der Waals surface area contributed by atoms with Gasteiger partial charge in [0.05, 0.1) is 0 Å². The summed E-state index contributed by atoms with van der Waals surface area (Å²) in [5.41, 5.74) is 2.78. The van der Waals surface area contributed by atoms with Crippen LogP contribution in [-0.2, 0) is 6.54 Å². The molecule has 0 aromatic heterocycles. The average Bonchev–Trinajstić information content (AvgIpc) is 2.64. The van der Waals surface area contributed by atoms with E-state index in [-0.39, 0.29) is 6.03 Å². The van der Waals surface area contributed by atoms with Crippen molar-refractivity contribution in [3.05, 3.63) is 35.4 Å². The van der Waals surface area contributed by atoms with Crippen LogP contribution in [0.5, 0.6) is 0 Å². The van der Waals surface area contributed by atoms with E-state index in [0.717, 1.165) is 51.2 Å². The van der Waals surface area contributed by atoms with Gasteiger partial charge in [-0.1, -0.05) is 44.0 Å². The first kappa shape index (κ1) is 19.2. The Bertz CT molecular complexity index is 595. The predicted octanol–water partition coefficient (Wildman–Crippen LogP) is 4.18. The van der Waals surface area contributed by atoms with Crippen LogP contribution in [0.4, 0.5) is 4.79 Å². The first-order valence-corrected chi connectivity index (χ1v) is 10.3. The number of likely N-dealkylation sites (tertiary alicyclic amines) is 1. The van der Waals surface area contributed by atoms with Gasteiger partial charge in [-0.25, -0.2) is 4.79 Å². The lowest BCUT2D eigenvalue weighted by atomic mass is 9.86. The van der Waals surface area contributed by atoms with Crippen LogP contribution in [0.3, 0.4) is 0 Å². The van der Waals surface area contributed by atoms with Gasteiger partial charge in [-0.3, -0.25) is 4.90 Å². The molecular formula is C22H35N3O. The monoisotopic (exact) mass is 357 g/mol. The number of rotatable bonds is 4. The molecule has 1 saturated carbocycles. The normalized spacial score (nSPS) is 25.0. The van der Waals surface area contributed by atoms with Crippen molar-refractivity contribution in [1.29, 1.82) is 0 Å². The van der Waals surface area contributed by atoms with Crippen LogP contribution in [0.15, 0.2) is 24.3 Å². The Balaban J connectivity index is 1.43. The summed E-state index contributed by atoms with van der Waals surface area (Å²) in [6.45, 7) is 7.63. The van der Waals surface area contributed by atoms with Crippen molar-refractivity contribution < 1.29 is 4.79 Å². The summed E-state index contributed by atoms with van der Waals surface area (Å²) in [5.74, 6) is 0.744. The molecule has 1 aromatic carbocycles. The van der Waals surface area contributed by atoms with E-state index >= 15 is 0 Å². The van der Waals surface area contributed by atoms with Gasteiger partial charge in [0.25, 0.3) is 0 Å². The molecule has 2 unspecified atom stereocenters. The molecule has 2 atom stereocenters. The molecule has 0 bridgehead atoms. The van der Waals surface area contributed by atoms with E-state index in [9.17, 15) is 4.79 Å². The highest BCUT2D eigenvalue weighted by Gasteiger charge is 2.27. The zero-order valence-electron chi connectivity index (χ0n) is 16.7. The second kappa shape index (κ2) is 8.90. The second-order valence-electron chi connectivity index (χ2n) is 8.46. The lowest BCUT2D eigenvalue weighted by Gasteiger charge is -2.37. The highest BCUT2D eigenvalue weighted by molar-refractivity contribution is 5.74. The number of benzene rings is 1. The third-order valence-electron chi connectivity index (χ3n) is 6.35. The maximum atomic E-state index is 12.6. The first-order chi connectivity index (χ1) is 12.5. The molecule has 1 heterocycles. The van der Waals surface area contributed by atoms with Crippen molar-refractivity contribution in [3.63, 3.8) is 0 Å². The summed E-state index contributed by atoms with van der Waals surface area (Å²) in [6, 6.07) is 9.50. The fraction of sp³-hybridized carbons (Fsp3) is 0.682. The third-order valence-corrected chi connectivity index (χ3v) is 6.35. The molecule has 1 aromatic rings. The van der Waals surface area contributed by atoms with E-state index in [4.69, 9.17) is 0 Å². The van der Waals surface area contributed by atoms with Gasteiger partial charge < -0.3 is 10.2 Å². The summed E-state index contributed by atoms with van der Waals surface area (Å²) in [5, 5.41) is 3.29. The molecule has 2 fully saturated rings. The van der Waals surface area contributed by atoms with Crippen molar-refractivity contribution >= 4 is 6.03 Å². The molecule has 144 valence electrons. The summed E-state index contributed by atoms with van der Waals surface area (Å²) in [4.78, 5) is 17.1. The summed E-state index contributed by atoms with van der Waals surface area (Å²) >= 11 is 0. The van der Waals surface area contributed by atoms with Crippen molar-refractivity contribution in [1.82, 2.24) is 15.1 Å². The minimum Gasteiger partial charge on any atom is -0.335 e. The number of nitrogens with one attached hydrogen (secondary N) is 1. The Kier molecular flexibility index (Phi) is 6.58. The Morgan fingerprint density at radius 2 is 1.92 bits per heavy atom. The fourth-order valence-electron chi connectivity index (χ4n) is 4.46. The van der Waals surface area contributed by atoms with Gasteiger partial charge in [0.1, 0.15) is 0 Å². The van der Waals surface area contributed by atoms with Crippen LogP contribution in [0.25, 0.3) is 0 Å². The quantitative estimate of drug-likeness (QED) is 0.877. The standard InChI is InChI=1S/C22H35N3O/c1-17-7-6-10-21(15-17)24(3)22(26)23-20-11-13-25(14-12-20)16-19-9-5-4-8-18(19)2/h4-5,8-9,17,20-21H,6-7,10-16H2,1-3H3,(H,23,26). The molecule has 1 aliphatic carbocycles. The molecule has 2 aliphatic rings. The van der Waals surface area contributed by atoms with Crippen LogP contribution in [0.2, 0.25) is 0 Å². The SMILES string of the molecule is Cc1ccccc1CN1CCC(NC(=O)N(C)C2CCCC(C)C2)CC1. The average molecular weight is 358 g/mol. The molecule has 0 radical (unpaired) electrons. The Morgan fingerprint density at radius 1 is 1.19 bits per heavy atom. The van der Waals surface area contributed by atoms with E-state index in [1.165, 1.54) is 24.0 Å². The van der Waals surface area contributed by atoms with Crippen molar-refractivity contribution in [2.45, 2.75) is 71.0 Å². The number of piperidine rings is 1. The van der Waals surface area contributed by atoms with Gasteiger partial charge in [0.15, 0.2) is 0 Å². The highest BCUT2D eigenvalue weighted by atomic mass is 16.2. The Hall–Kier alpha value is -1.55. The van der Waals surface area contributed by atoms with Crippen LogP contribution < -0.4 is 5.32 Å². The maximum absolute atomic E-state index is 12.6. The van der Waals surface area contributed by atoms with E-state index in [1.54, 1.807) is 0 Å². The molecule has 0 spiro atoms. The molecule has 1 N–H and O–H groups in total. The Morgan fingerprint density at radius 3 is 2.62 bits per heavy atom. The number of urea groups is 1. The van der Waals surface area contributed by atoms with Crippen LogP contribution in [0.1, 0.15) is 56.6 Å². The molecule has 4 heteroatoms. The summed E-state index contributed by atoms with van der Waals surface area (Å²) < 4.78 is 0. The molecule has 2 amide bonds. The second-order valence-corrected chi connectivity index (χ2v) is 8.46. The van der Waals surface area contributed by atoms with E-state index in [0.29, 0.717) is 12.1 Å². The van der Waals surface area contributed by atoms with Crippen LogP contribution in [-0.4, -0.2) is 48.1 Å². The first-order valence-electron chi connectivity index (χ1n) is 10.3. The summed E-state index contributed by atoms with van der Waals surface area (Å²) in [6.07, 6.45) is 6.97. The molecular weight excluding hydrogens is 322 g/mol. The topological polar surface area (TPSA) is 35.6 Å². The summed E-state index contributed by atoms with van der Waals surface area (Å²) in [7, 11) is 1.98. The molecule has 26 heavy (non-hydrogen) atoms. The van der Waals surface area contributed by atoms with E-state index < -0.39 is 0 Å². The minimum atomic E-state index is 0.126. The number of amides is 2. The van der Waals surface area contributed by atoms with Gasteiger partial charge >= 0.3 is 6.03 Å². The smallest absolute Gasteiger partial charge is 0.317 e. The van der Waals surface area contributed by atoms with Crippen LogP contribution in [0, 0.1) is 12.8 Å². The minimum absolute atomic E-state index is 0.126. The van der Waals surface area contributed by atoms with Gasteiger partial charge in [-0.15, -0.1) is 0 Å². The van der Waals surface area contributed by atoms with Gasteiger partial charge in [-0.05, 0) is 49.7 Å². The molecule has 1 aliphatic heterocycles. The number of carbonyl (C=O) groups is 1. The number of hydrogen-bond acceptors (Lipinski definition) is 2.